The number of amides is 1. The molecule has 2 aliphatic heterocycles. The Kier molecular flexibility index (Phi) is 8.43. The zero-order valence-electron chi connectivity index (χ0n) is 19.5. The summed E-state index contributed by atoms with van der Waals surface area (Å²) in [5, 5.41) is 6.22. The largest absolute Gasteiger partial charge is 0.378 e. The van der Waals surface area contributed by atoms with Gasteiger partial charge in [-0.2, -0.15) is 0 Å². The van der Waals surface area contributed by atoms with Crippen molar-refractivity contribution in [2.75, 3.05) is 68.0 Å². The van der Waals surface area contributed by atoms with Crippen molar-refractivity contribution in [3.05, 3.63) is 36.3 Å². The van der Waals surface area contributed by atoms with Gasteiger partial charge in [0.15, 0.2) is 0 Å². The third-order valence-electron chi connectivity index (χ3n) is 6.40. The Balaban J connectivity index is 1.14. The first-order chi connectivity index (χ1) is 16.2. The minimum absolute atomic E-state index is 0.0845. The van der Waals surface area contributed by atoms with E-state index in [1.54, 1.807) is 12.5 Å². The fraction of sp³-hybridized carbons (Fsp3) is 0.583. The van der Waals surface area contributed by atoms with Gasteiger partial charge in [0.25, 0.3) is 0 Å². The number of morpholine rings is 1. The normalized spacial score (nSPS) is 17.7. The third kappa shape index (κ3) is 7.36. The first-order valence-electron chi connectivity index (χ1n) is 12.0. The smallest absolute Gasteiger partial charge is 0.222 e. The van der Waals surface area contributed by atoms with Crippen LogP contribution in [-0.2, 0) is 16.0 Å². The molecule has 2 aliphatic rings. The predicted molar refractivity (Wildman–Crippen MR) is 130 cm³/mol. The first-order valence-corrected chi connectivity index (χ1v) is 12.0. The van der Waals surface area contributed by atoms with Gasteiger partial charge in [0.2, 0.25) is 5.91 Å². The SMILES string of the molecule is CC(=O)Nc1cc(CCC2CCN(CCNc3cc(N4CCOCC4)ncn3)CC2)ccn1. The van der Waals surface area contributed by atoms with Gasteiger partial charge in [-0.15, -0.1) is 0 Å². The van der Waals surface area contributed by atoms with E-state index in [1.165, 1.54) is 31.7 Å². The number of nitrogens with one attached hydrogen (secondary N) is 2. The highest BCUT2D eigenvalue weighted by Gasteiger charge is 2.19. The van der Waals surface area contributed by atoms with Crippen LogP contribution < -0.4 is 15.5 Å². The van der Waals surface area contributed by atoms with Crippen molar-refractivity contribution in [1.82, 2.24) is 19.9 Å². The number of carbonyl (C=O) groups is 1. The molecule has 0 radical (unpaired) electrons. The van der Waals surface area contributed by atoms with Gasteiger partial charge in [-0.1, -0.05) is 0 Å². The number of rotatable bonds is 9. The summed E-state index contributed by atoms with van der Waals surface area (Å²) in [7, 11) is 0. The van der Waals surface area contributed by atoms with Crippen LogP contribution in [0, 0.1) is 5.92 Å². The average Bonchev–Trinajstić information content (AvgIpc) is 2.84. The maximum Gasteiger partial charge on any atom is 0.222 e. The number of carbonyl (C=O) groups excluding carboxylic acids is 1. The Morgan fingerprint density at radius 2 is 1.91 bits per heavy atom. The van der Waals surface area contributed by atoms with Gasteiger partial charge in [-0.05, 0) is 62.4 Å². The summed E-state index contributed by atoms with van der Waals surface area (Å²) in [6.45, 7) is 8.96. The number of ether oxygens (including phenoxy) is 1. The molecule has 4 rings (SSSR count). The van der Waals surface area contributed by atoms with Crippen LogP contribution in [0.5, 0.6) is 0 Å². The number of piperidine rings is 1. The van der Waals surface area contributed by atoms with E-state index in [0.717, 1.165) is 76.5 Å². The van der Waals surface area contributed by atoms with Gasteiger partial charge in [0.05, 0.1) is 13.2 Å². The maximum atomic E-state index is 11.2. The van der Waals surface area contributed by atoms with Crippen molar-refractivity contribution in [3.8, 4) is 0 Å². The number of hydrogen-bond donors (Lipinski definition) is 2. The molecule has 33 heavy (non-hydrogen) atoms. The summed E-state index contributed by atoms with van der Waals surface area (Å²) in [4.78, 5) is 29.0. The Morgan fingerprint density at radius 3 is 2.70 bits per heavy atom. The molecule has 4 heterocycles. The van der Waals surface area contributed by atoms with Crippen LogP contribution in [0.4, 0.5) is 17.5 Å². The van der Waals surface area contributed by atoms with Crippen molar-refractivity contribution < 1.29 is 9.53 Å². The van der Waals surface area contributed by atoms with Crippen LogP contribution in [0.1, 0.15) is 31.7 Å². The Hall–Kier alpha value is -2.78. The number of nitrogens with zero attached hydrogens (tertiary/aromatic N) is 5. The molecule has 0 spiro atoms. The van der Waals surface area contributed by atoms with E-state index in [0.29, 0.717) is 5.82 Å². The van der Waals surface area contributed by atoms with Gasteiger partial charge < -0.3 is 25.2 Å². The lowest BCUT2D eigenvalue weighted by molar-refractivity contribution is -0.114. The van der Waals surface area contributed by atoms with E-state index >= 15 is 0 Å². The van der Waals surface area contributed by atoms with Gasteiger partial charge in [-0.25, -0.2) is 15.0 Å². The molecule has 0 bridgehead atoms. The quantitative estimate of drug-likeness (QED) is 0.598. The number of likely N-dealkylation sites (tertiary alicyclic amines) is 1. The number of anilines is 3. The zero-order valence-corrected chi connectivity index (χ0v) is 19.5. The van der Waals surface area contributed by atoms with E-state index < -0.39 is 0 Å². The minimum Gasteiger partial charge on any atom is -0.378 e. The highest BCUT2D eigenvalue weighted by atomic mass is 16.5. The Morgan fingerprint density at radius 1 is 1.09 bits per heavy atom. The molecule has 0 saturated carbocycles. The van der Waals surface area contributed by atoms with Crippen LogP contribution in [0.2, 0.25) is 0 Å². The van der Waals surface area contributed by atoms with E-state index in [4.69, 9.17) is 4.74 Å². The molecule has 1 amide bonds. The fourth-order valence-electron chi connectivity index (χ4n) is 4.50. The molecule has 9 heteroatoms. The summed E-state index contributed by atoms with van der Waals surface area (Å²) in [5.74, 6) is 3.17. The van der Waals surface area contributed by atoms with Crippen LogP contribution in [0.3, 0.4) is 0 Å². The maximum absolute atomic E-state index is 11.2. The predicted octanol–water partition coefficient (Wildman–Crippen LogP) is 2.42. The molecule has 0 aliphatic carbocycles. The topological polar surface area (TPSA) is 95.5 Å². The van der Waals surface area contributed by atoms with Crippen molar-refractivity contribution in [1.29, 1.82) is 0 Å². The molecule has 0 unspecified atom stereocenters. The lowest BCUT2D eigenvalue weighted by Crippen LogP contribution is -2.37. The lowest BCUT2D eigenvalue weighted by Gasteiger charge is -2.32. The van der Waals surface area contributed by atoms with Crippen molar-refractivity contribution >= 4 is 23.4 Å². The fourth-order valence-corrected chi connectivity index (χ4v) is 4.50. The van der Waals surface area contributed by atoms with Crippen LogP contribution in [0.25, 0.3) is 0 Å². The van der Waals surface area contributed by atoms with Crippen molar-refractivity contribution in [2.45, 2.75) is 32.6 Å². The number of aryl methyl sites for hydroxylation is 1. The molecule has 2 saturated heterocycles. The van der Waals surface area contributed by atoms with Crippen LogP contribution in [0.15, 0.2) is 30.7 Å². The van der Waals surface area contributed by atoms with Crippen LogP contribution in [-0.4, -0.2) is 78.2 Å². The molecule has 0 aromatic carbocycles. The van der Waals surface area contributed by atoms with Gasteiger partial charge in [0, 0.05) is 45.4 Å². The van der Waals surface area contributed by atoms with Crippen molar-refractivity contribution in [2.24, 2.45) is 5.92 Å². The average molecular weight is 454 g/mol. The lowest BCUT2D eigenvalue weighted by atomic mass is 9.90. The summed E-state index contributed by atoms with van der Waals surface area (Å²) in [5.41, 5.74) is 1.24. The Bertz CT molecular complexity index is 896. The second-order valence-corrected chi connectivity index (χ2v) is 8.84. The van der Waals surface area contributed by atoms with Crippen LogP contribution >= 0.6 is 0 Å². The summed E-state index contributed by atoms with van der Waals surface area (Å²) in [6, 6.07) is 6.07. The monoisotopic (exact) mass is 453 g/mol. The number of hydrogen-bond acceptors (Lipinski definition) is 8. The van der Waals surface area contributed by atoms with Crippen molar-refractivity contribution in [3.63, 3.8) is 0 Å². The Labute approximate surface area is 196 Å². The third-order valence-corrected chi connectivity index (χ3v) is 6.40. The van der Waals surface area contributed by atoms with Gasteiger partial charge >= 0.3 is 0 Å². The highest BCUT2D eigenvalue weighted by Crippen LogP contribution is 2.23. The molecule has 2 aromatic heterocycles. The van der Waals surface area contributed by atoms with Gasteiger partial charge in [0.1, 0.15) is 23.8 Å². The molecule has 2 N–H and O–H groups in total. The molecule has 2 aromatic rings. The molecule has 9 nitrogen and oxygen atoms in total. The number of pyridine rings is 1. The summed E-state index contributed by atoms with van der Waals surface area (Å²) in [6.07, 6.45) is 8.09. The van der Waals surface area contributed by atoms with E-state index in [2.05, 4.69) is 35.4 Å². The first kappa shape index (κ1) is 23.4. The number of aromatic nitrogens is 3. The second-order valence-electron chi connectivity index (χ2n) is 8.84. The zero-order chi connectivity index (χ0) is 22.9. The van der Waals surface area contributed by atoms with E-state index in [1.807, 2.05) is 18.2 Å². The summed E-state index contributed by atoms with van der Waals surface area (Å²) < 4.78 is 5.42. The summed E-state index contributed by atoms with van der Waals surface area (Å²) >= 11 is 0. The second kappa shape index (κ2) is 11.9. The molecule has 178 valence electrons. The minimum atomic E-state index is -0.0845. The van der Waals surface area contributed by atoms with E-state index in [-0.39, 0.29) is 5.91 Å². The molecule has 2 fully saturated rings. The van der Waals surface area contributed by atoms with Gasteiger partial charge in [-0.3, -0.25) is 4.79 Å². The molecular weight excluding hydrogens is 418 g/mol. The standard InChI is InChI=1S/C24H35N7O2/c1-19(32)29-23-16-21(4-7-25-23)3-2-20-5-9-30(10-6-20)11-8-26-22-17-24(28-18-27-22)31-12-14-33-15-13-31/h4,7,16-18,20H,2-3,5-6,8-15H2,1H3,(H,25,29,32)(H,26,27,28). The van der Waals surface area contributed by atoms with E-state index in [9.17, 15) is 4.79 Å². The molecule has 0 atom stereocenters. The molecular formula is C24H35N7O2. The highest BCUT2D eigenvalue weighted by molar-refractivity contribution is 5.87.